The van der Waals surface area contributed by atoms with Crippen LogP contribution in [0.1, 0.15) is 81.9 Å². The lowest BCUT2D eigenvalue weighted by molar-refractivity contribution is -0.142. The van der Waals surface area contributed by atoms with Crippen LogP contribution >= 0.6 is 11.6 Å². The van der Waals surface area contributed by atoms with Crippen LogP contribution in [0.15, 0.2) is 95.0 Å². The first-order chi connectivity index (χ1) is 39.1. The van der Waals surface area contributed by atoms with Gasteiger partial charge in [-0.05, 0) is 92.2 Å². The summed E-state index contributed by atoms with van der Waals surface area (Å²) in [6.45, 7) is 2.46. The molecule has 0 radical (unpaired) electrons. The van der Waals surface area contributed by atoms with Gasteiger partial charge in [0.1, 0.15) is 36.3 Å². The van der Waals surface area contributed by atoms with Gasteiger partial charge in [-0.15, -0.1) is 0 Å². The van der Waals surface area contributed by atoms with Crippen LogP contribution in [0.25, 0.3) is 10.9 Å². The number of aromatic nitrogens is 1. The molecule has 5 rings (SSSR count). The van der Waals surface area contributed by atoms with E-state index in [0.717, 1.165) is 16.5 Å². The second-order valence-corrected chi connectivity index (χ2v) is 20.8. The monoisotopic (exact) mass is 1150 g/mol. The third kappa shape index (κ3) is 21.7. The average molecular weight is 1150 g/mol. The van der Waals surface area contributed by atoms with Gasteiger partial charge >= 0.3 is 0 Å². The fraction of sp³-hybridized carbons (Fsp3) is 0.446. The molecule has 82 heavy (non-hydrogen) atoms. The van der Waals surface area contributed by atoms with Crippen molar-refractivity contribution in [3.8, 4) is 0 Å². The fourth-order valence-corrected chi connectivity index (χ4v) is 9.57. The van der Waals surface area contributed by atoms with Gasteiger partial charge in [-0.3, -0.25) is 53.1 Å². The Kier molecular flexibility index (Phi) is 25.4. The number of fused-ring (bicyclic) bond motifs is 1. The van der Waals surface area contributed by atoms with E-state index in [1.807, 2.05) is 43.3 Å². The molecule has 1 saturated heterocycles. The van der Waals surface area contributed by atoms with Crippen molar-refractivity contribution in [1.82, 2.24) is 47.1 Å². The van der Waals surface area contributed by atoms with E-state index in [1.54, 1.807) is 48.7 Å². The maximum Gasteiger partial charge on any atom is 0.246 e. The lowest BCUT2D eigenvalue weighted by atomic mass is 9.99. The van der Waals surface area contributed by atoms with Crippen LogP contribution in [0, 0.1) is 5.92 Å². The molecule has 0 unspecified atom stereocenters. The molecule has 442 valence electrons. The number of para-hydroxylation sites is 1. The minimum atomic E-state index is -1.62. The van der Waals surface area contributed by atoms with Gasteiger partial charge in [-0.1, -0.05) is 79.2 Å². The number of nitrogens with two attached hydrogens (primary N) is 5. The molecule has 0 saturated carbocycles. The number of carbonyl (C=O) groups is 9. The Morgan fingerprint density at radius 1 is 0.732 bits per heavy atom. The van der Waals surface area contributed by atoms with E-state index in [-0.39, 0.29) is 102 Å². The number of benzene rings is 3. The van der Waals surface area contributed by atoms with Gasteiger partial charge < -0.3 is 75.8 Å². The van der Waals surface area contributed by atoms with Gasteiger partial charge in [0, 0.05) is 68.1 Å². The minimum Gasteiger partial charge on any atom is -0.370 e. The molecular formula is C56H77ClN16O9. The third-order valence-corrected chi connectivity index (χ3v) is 13.7. The number of nitrogens with one attached hydrogen (secondary N) is 8. The zero-order valence-electron chi connectivity index (χ0n) is 46.2. The van der Waals surface area contributed by atoms with Crippen molar-refractivity contribution in [2.45, 2.75) is 121 Å². The van der Waals surface area contributed by atoms with Crippen molar-refractivity contribution < 1.29 is 43.2 Å². The standard InChI is InChI=1S/C56H77ClN16O9/c1-33(26-36-19-21-38(57)22-20-36)31-73-32-48(76)68-44(27-35-12-4-3-5-13-35)52(80)70-43(18-11-25-65-56(61)62)51(79)71-45(28-37-30-66-40-15-7-6-14-39(37)40)53(81)69-41(49(58)77)16-8-9-23-63-47(75)29-46(54(73)82)72-50(78)42(67-34(2)74)17-10-24-64-55(59)60/h3-7,12-15,19-22,30,33,41-46,66H,8-11,16-18,23-29,31-32H2,1-2H3,(H2,58,77)(H,63,75)(H,67,74)(H,68,76)(H,69,81)(H,70,80)(H,71,79)(H,72,78)(H4,59,60,64)(H4,61,62,65)/t33-,41-,42-,43-,44+,45-,46-/m0/s1. The summed E-state index contributed by atoms with van der Waals surface area (Å²) < 4.78 is 0. The molecule has 25 nitrogen and oxygen atoms in total. The van der Waals surface area contributed by atoms with Gasteiger partial charge in [-0.25, -0.2) is 0 Å². The summed E-state index contributed by atoms with van der Waals surface area (Å²) in [5.74, 6) is -7.69. The molecule has 9 amide bonds. The molecule has 1 aliphatic heterocycles. The second-order valence-electron chi connectivity index (χ2n) is 20.4. The maximum atomic E-state index is 15.1. The highest BCUT2D eigenvalue weighted by atomic mass is 35.5. The molecule has 7 atom stereocenters. The first-order valence-electron chi connectivity index (χ1n) is 27.2. The Morgan fingerprint density at radius 3 is 2.05 bits per heavy atom. The van der Waals surface area contributed by atoms with Crippen LogP contribution in [-0.2, 0) is 62.4 Å². The SMILES string of the molecule is CC(=O)N[C@@H](CCCN=C(N)N)C(=O)N[C@H]1CC(=O)NCCCC[C@@H](C(N)=O)NC(=O)[C@H](Cc2c[nH]c3ccccc23)NC(=O)[C@H](CCCN=C(N)N)NC(=O)[C@@H](Cc2ccccc2)NC(=O)CN(C[C@@H](C)Cc2ccc(Cl)cc2)C1=O. The molecule has 18 N–H and O–H groups in total. The Labute approximate surface area is 480 Å². The average Bonchev–Trinajstić information content (AvgIpc) is 4.03. The summed E-state index contributed by atoms with van der Waals surface area (Å²) >= 11 is 6.18. The van der Waals surface area contributed by atoms with Crippen molar-refractivity contribution in [3.05, 3.63) is 107 Å². The molecule has 0 bridgehead atoms. The molecule has 3 aromatic carbocycles. The number of carbonyl (C=O) groups excluding carboxylic acids is 9. The van der Waals surface area contributed by atoms with Gasteiger partial charge in [0.15, 0.2) is 11.9 Å². The van der Waals surface area contributed by atoms with E-state index >= 15 is 4.79 Å². The van der Waals surface area contributed by atoms with Crippen molar-refractivity contribution in [2.24, 2.45) is 44.6 Å². The first kappa shape index (κ1) is 64.1. The molecule has 0 aliphatic carbocycles. The number of rotatable bonds is 20. The highest BCUT2D eigenvalue weighted by Crippen LogP contribution is 2.21. The number of hydrogen-bond donors (Lipinski definition) is 13. The van der Waals surface area contributed by atoms with Crippen LogP contribution in [0.4, 0.5) is 0 Å². The molecule has 0 spiro atoms. The van der Waals surface area contributed by atoms with Crippen LogP contribution in [0.3, 0.4) is 0 Å². The number of amides is 9. The maximum absolute atomic E-state index is 15.1. The predicted molar refractivity (Wildman–Crippen MR) is 311 cm³/mol. The van der Waals surface area contributed by atoms with E-state index < -0.39 is 102 Å². The lowest BCUT2D eigenvalue weighted by Gasteiger charge is -2.31. The highest BCUT2D eigenvalue weighted by molar-refractivity contribution is 6.30. The number of aromatic amines is 1. The van der Waals surface area contributed by atoms with Gasteiger partial charge in [0.2, 0.25) is 53.2 Å². The normalized spacial score (nSPS) is 19.9. The summed E-state index contributed by atoms with van der Waals surface area (Å²) in [6.07, 6.45) is 2.19. The zero-order valence-corrected chi connectivity index (χ0v) is 47.0. The number of primary amides is 1. The van der Waals surface area contributed by atoms with Crippen molar-refractivity contribution in [3.63, 3.8) is 0 Å². The lowest BCUT2D eigenvalue weighted by Crippen LogP contribution is -2.59. The number of aliphatic imine (C=N–C) groups is 2. The van der Waals surface area contributed by atoms with E-state index in [1.165, 1.54) is 11.8 Å². The predicted octanol–water partition coefficient (Wildman–Crippen LogP) is -0.475. The van der Waals surface area contributed by atoms with Gasteiger partial charge in [0.05, 0.1) is 13.0 Å². The summed E-state index contributed by atoms with van der Waals surface area (Å²) in [5.41, 5.74) is 30.9. The quantitative estimate of drug-likeness (QED) is 0.0303. The van der Waals surface area contributed by atoms with Crippen molar-refractivity contribution in [1.29, 1.82) is 0 Å². The van der Waals surface area contributed by atoms with Crippen LogP contribution < -0.4 is 65.9 Å². The van der Waals surface area contributed by atoms with Crippen molar-refractivity contribution >= 4 is 87.6 Å². The van der Waals surface area contributed by atoms with Crippen molar-refractivity contribution in [2.75, 3.05) is 32.7 Å². The van der Waals surface area contributed by atoms with E-state index in [2.05, 4.69) is 52.2 Å². The summed E-state index contributed by atoms with van der Waals surface area (Å²) in [6, 6.07) is 15.0. The first-order valence-corrected chi connectivity index (χ1v) is 27.6. The van der Waals surface area contributed by atoms with E-state index in [0.29, 0.717) is 22.6 Å². The molecule has 2 heterocycles. The largest absolute Gasteiger partial charge is 0.370 e. The van der Waals surface area contributed by atoms with E-state index in [9.17, 15) is 38.4 Å². The highest BCUT2D eigenvalue weighted by Gasteiger charge is 2.35. The summed E-state index contributed by atoms with van der Waals surface area (Å²) in [7, 11) is 0. The topological polar surface area (TPSA) is 412 Å². The smallest absolute Gasteiger partial charge is 0.246 e. The Balaban J connectivity index is 1.57. The van der Waals surface area contributed by atoms with Crippen LogP contribution in [0.5, 0.6) is 0 Å². The fourth-order valence-electron chi connectivity index (χ4n) is 9.44. The molecule has 1 fully saturated rings. The molecule has 4 aromatic rings. The minimum absolute atomic E-state index is 0.0182. The molecule has 1 aliphatic rings. The summed E-state index contributed by atoms with van der Waals surface area (Å²) in [4.78, 5) is 139. The third-order valence-electron chi connectivity index (χ3n) is 13.5. The number of halogens is 1. The van der Waals surface area contributed by atoms with Gasteiger partial charge in [-0.2, -0.15) is 0 Å². The van der Waals surface area contributed by atoms with Crippen LogP contribution in [0.2, 0.25) is 5.02 Å². The second kappa shape index (κ2) is 32.5. The number of H-pyrrole nitrogens is 1. The number of hydrogen-bond acceptors (Lipinski definition) is 11. The Bertz CT molecular complexity index is 2890. The molecule has 26 heteroatoms. The number of guanidine groups is 2. The molecule has 1 aromatic heterocycles. The Hall–Kier alpha value is -8.74. The zero-order chi connectivity index (χ0) is 59.7. The number of nitrogens with zero attached hydrogens (tertiary/aromatic N) is 3. The van der Waals surface area contributed by atoms with Crippen LogP contribution in [-0.4, -0.2) is 144 Å². The Morgan fingerprint density at radius 2 is 1.37 bits per heavy atom. The summed E-state index contributed by atoms with van der Waals surface area (Å²) in [5, 5.41) is 20.3. The van der Waals surface area contributed by atoms with E-state index in [4.69, 9.17) is 40.3 Å². The van der Waals surface area contributed by atoms with Gasteiger partial charge in [0.25, 0.3) is 0 Å². The molecular weight excluding hydrogens is 1080 g/mol.